The fourth-order valence-corrected chi connectivity index (χ4v) is 4.72. The summed E-state index contributed by atoms with van der Waals surface area (Å²) in [7, 11) is 0. The van der Waals surface area contributed by atoms with Gasteiger partial charge in [-0.05, 0) is 54.8 Å². The molecule has 4 rings (SSSR count). The van der Waals surface area contributed by atoms with Crippen LogP contribution >= 0.6 is 0 Å². The summed E-state index contributed by atoms with van der Waals surface area (Å²) in [5.41, 5.74) is 1.92. The summed E-state index contributed by atoms with van der Waals surface area (Å²) in [6.45, 7) is 7.31. The van der Waals surface area contributed by atoms with E-state index in [4.69, 9.17) is 4.74 Å². The molecule has 1 aromatic heterocycles. The number of hydrogen-bond acceptors (Lipinski definition) is 6. The van der Waals surface area contributed by atoms with Crippen LogP contribution in [-0.4, -0.2) is 72.0 Å². The molecule has 2 aromatic rings. The fraction of sp³-hybridized carbons (Fsp3) is 0.519. The van der Waals surface area contributed by atoms with E-state index in [2.05, 4.69) is 33.8 Å². The van der Waals surface area contributed by atoms with Crippen LogP contribution in [0.1, 0.15) is 44.6 Å². The Morgan fingerprint density at radius 2 is 1.68 bits per heavy atom. The smallest absolute Gasteiger partial charge is 0.251 e. The molecule has 34 heavy (non-hydrogen) atoms. The molecule has 2 fully saturated rings. The number of hydrogen-bond donors (Lipinski definition) is 0. The quantitative estimate of drug-likeness (QED) is 0.374. The first-order valence-electron chi connectivity index (χ1n) is 12.6. The molecule has 2 amide bonds. The van der Waals surface area contributed by atoms with Crippen LogP contribution in [-0.2, 0) is 16.0 Å². The molecule has 7 nitrogen and oxygen atoms in total. The van der Waals surface area contributed by atoms with Crippen LogP contribution in [0, 0.1) is 0 Å². The lowest BCUT2D eigenvalue weighted by atomic mass is 10.1. The fourth-order valence-electron chi connectivity index (χ4n) is 4.72. The van der Waals surface area contributed by atoms with Crippen molar-refractivity contribution in [2.75, 3.05) is 44.2 Å². The van der Waals surface area contributed by atoms with E-state index in [0.29, 0.717) is 12.3 Å². The van der Waals surface area contributed by atoms with Gasteiger partial charge in [-0.3, -0.25) is 19.5 Å². The average Bonchev–Trinajstić information content (AvgIpc) is 3.17. The first-order chi connectivity index (χ1) is 16.7. The molecule has 0 radical (unpaired) electrons. The molecule has 0 N–H and O–H groups in total. The zero-order valence-electron chi connectivity index (χ0n) is 20.2. The van der Waals surface area contributed by atoms with Crippen LogP contribution in [0.4, 0.5) is 5.69 Å². The SMILES string of the molecule is CCCCCCOc1ccc(N2C(=O)C[C@H](N3CCN(CCc4ccncc4)CC3)C2=O)cc1. The number of anilines is 1. The number of pyridine rings is 1. The highest BCUT2D eigenvalue weighted by atomic mass is 16.5. The summed E-state index contributed by atoms with van der Waals surface area (Å²) < 4.78 is 5.79. The number of ether oxygens (including phenoxy) is 1. The average molecular weight is 465 g/mol. The number of aromatic nitrogens is 1. The molecular weight excluding hydrogens is 428 g/mol. The largest absolute Gasteiger partial charge is 0.494 e. The summed E-state index contributed by atoms with van der Waals surface area (Å²) in [6, 6.07) is 11.1. The Kier molecular flexibility index (Phi) is 8.66. The predicted molar refractivity (Wildman–Crippen MR) is 133 cm³/mol. The topological polar surface area (TPSA) is 66.0 Å². The molecule has 1 atom stereocenters. The Balaban J connectivity index is 1.26. The van der Waals surface area contributed by atoms with Crippen molar-refractivity contribution < 1.29 is 14.3 Å². The molecular formula is C27H36N4O3. The van der Waals surface area contributed by atoms with Crippen LogP contribution in [0.2, 0.25) is 0 Å². The third-order valence-electron chi connectivity index (χ3n) is 6.80. The van der Waals surface area contributed by atoms with Gasteiger partial charge in [0.25, 0.3) is 5.91 Å². The molecule has 2 aliphatic rings. The lowest BCUT2D eigenvalue weighted by Crippen LogP contribution is -2.52. The van der Waals surface area contributed by atoms with E-state index in [9.17, 15) is 9.59 Å². The van der Waals surface area contributed by atoms with E-state index < -0.39 is 0 Å². The van der Waals surface area contributed by atoms with Crippen LogP contribution in [0.25, 0.3) is 0 Å². The Morgan fingerprint density at radius 1 is 0.941 bits per heavy atom. The highest BCUT2D eigenvalue weighted by molar-refractivity contribution is 6.22. The van der Waals surface area contributed by atoms with Crippen molar-refractivity contribution in [2.24, 2.45) is 0 Å². The highest BCUT2D eigenvalue weighted by Crippen LogP contribution is 2.28. The number of carbonyl (C=O) groups excluding carboxylic acids is 2. The van der Waals surface area contributed by atoms with Gasteiger partial charge in [0.1, 0.15) is 5.75 Å². The minimum absolute atomic E-state index is 0.108. The molecule has 7 heteroatoms. The minimum Gasteiger partial charge on any atom is -0.494 e. The monoisotopic (exact) mass is 464 g/mol. The Labute approximate surface area is 202 Å². The Bertz CT molecular complexity index is 927. The molecule has 3 heterocycles. The Hall–Kier alpha value is -2.77. The maximum Gasteiger partial charge on any atom is 0.251 e. The van der Waals surface area contributed by atoms with Gasteiger partial charge in [-0.15, -0.1) is 0 Å². The van der Waals surface area contributed by atoms with E-state index in [0.717, 1.165) is 51.3 Å². The van der Waals surface area contributed by atoms with E-state index in [1.807, 2.05) is 36.7 Å². The first-order valence-corrected chi connectivity index (χ1v) is 12.6. The van der Waals surface area contributed by atoms with Gasteiger partial charge >= 0.3 is 0 Å². The van der Waals surface area contributed by atoms with E-state index in [1.165, 1.54) is 29.7 Å². The molecule has 2 aliphatic heterocycles. The van der Waals surface area contributed by atoms with Crippen LogP contribution in [0.15, 0.2) is 48.8 Å². The molecule has 0 aliphatic carbocycles. The third kappa shape index (κ3) is 6.21. The van der Waals surface area contributed by atoms with Gasteiger partial charge < -0.3 is 9.64 Å². The van der Waals surface area contributed by atoms with Crippen LogP contribution in [0.5, 0.6) is 5.75 Å². The number of rotatable bonds is 11. The molecule has 0 spiro atoms. The molecule has 182 valence electrons. The van der Waals surface area contributed by atoms with Gasteiger partial charge in [-0.1, -0.05) is 26.2 Å². The van der Waals surface area contributed by atoms with Gasteiger partial charge in [0, 0.05) is 45.1 Å². The number of carbonyl (C=O) groups is 2. The molecule has 2 saturated heterocycles. The minimum atomic E-state index is -0.357. The molecule has 0 saturated carbocycles. The van der Waals surface area contributed by atoms with E-state index in [1.54, 1.807) is 0 Å². The van der Waals surface area contributed by atoms with Gasteiger partial charge in [0.2, 0.25) is 5.91 Å². The van der Waals surface area contributed by atoms with Crippen molar-refractivity contribution in [1.29, 1.82) is 0 Å². The van der Waals surface area contributed by atoms with E-state index >= 15 is 0 Å². The molecule has 0 unspecified atom stereocenters. The maximum atomic E-state index is 13.2. The van der Waals surface area contributed by atoms with Crippen molar-refractivity contribution in [3.8, 4) is 5.75 Å². The zero-order chi connectivity index (χ0) is 23.8. The maximum absolute atomic E-state index is 13.2. The second-order valence-electron chi connectivity index (χ2n) is 9.17. The number of benzene rings is 1. The van der Waals surface area contributed by atoms with Crippen LogP contribution in [0.3, 0.4) is 0 Å². The normalized spacial score (nSPS) is 19.7. The lowest BCUT2D eigenvalue weighted by Gasteiger charge is -2.37. The van der Waals surface area contributed by atoms with Gasteiger partial charge in [-0.2, -0.15) is 0 Å². The predicted octanol–water partition coefficient (Wildman–Crippen LogP) is 3.53. The number of piperazine rings is 1. The number of amides is 2. The first kappa shape index (κ1) is 24.4. The zero-order valence-corrected chi connectivity index (χ0v) is 20.2. The van der Waals surface area contributed by atoms with Gasteiger partial charge in [-0.25, -0.2) is 4.90 Å². The number of nitrogens with zero attached hydrogens (tertiary/aromatic N) is 4. The Morgan fingerprint density at radius 3 is 2.38 bits per heavy atom. The second-order valence-corrected chi connectivity index (χ2v) is 9.17. The summed E-state index contributed by atoms with van der Waals surface area (Å²) >= 11 is 0. The van der Waals surface area contributed by atoms with Crippen molar-refractivity contribution in [1.82, 2.24) is 14.8 Å². The molecule has 1 aromatic carbocycles. The summed E-state index contributed by atoms with van der Waals surface area (Å²) in [6.07, 6.45) is 9.55. The number of unbranched alkanes of at least 4 members (excludes halogenated alkanes) is 3. The van der Waals surface area contributed by atoms with Crippen molar-refractivity contribution in [3.63, 3.8) is 0 Å². The van der Waals surface area contributed by atoms with E-state index in [-0.39, 0.29) is 24.3 Å². The standard InChI is InChI=1S/C27H36N4O3/c1-2-3-4-5-20-34-24-8-6-23(7-9-24)31-26(32)21-25(27(31)33)30-18-16-29(17-19-30)15-12-22-10-13-28-14-11-22/h6-11,13-14,25H,2-5,12,15-21H2,1H3/t25-/m0/s1. The van der Waals surface area contributed by atoms with Crippen molar-refractivity contribution in [2.45, 2.75) is 51.5 Å². The van der Waals surface area contributed by atoms with Gasteiger partial charge in [0.05, 0.1) is 24.8 Å². The number of imide groups is 1. The summed E-state index contributed by atoms with van der Waals surface area (Å²) in [5.74, 6) is 0.547. The third-order valence-corrected chi connectivity index (χ3v) is 6.80. The lowest BCUT2D eigenvalue weighted by molar-refractivity contribution is -0.123. The summed E-state index contributed by atoms with van der Waals surface area (Å²) in [5, 5.41) is 0. The highest BCUT2D eigenvalue weighted by Gasteiger charge is 2.43. The van der Waals surface area contributed by atoms with Crippen molar-refractivity contribution in [3.05, 3.63) is 54.4 Å². The second kappa shape index (κ2) is 12.1. The van der Waals surface area contributed by atoms with Crippen LogP contribution < -0.4 is 9.64 Å². The molecule has 0 bridgehead atoms. The summed E-state index contributed by atoms with van der Waals surface area (Å²) in [4.78, 5) is 36.0. The van der Waals surface area contributed by atoms with Crippen molar-refractivity contribution >= 4 is 17.5 Å². The van der Waals surface area contributed by atoms with Gasteiger partial charge in [0.15, 0.2) is 0 Å².